The maximum Gasteiger partial charge on any atom is 0.0543 e. The van der Waals surface area contributed by atoms with Crippen LogP contribution in [0.5, 0.6) is 0 Å². The summed E-state index contributed by atoms with van der Waals surface area (Å²) >= 11 is 9.72. The van der Waals surface area contributed by atoms with Crippen LogP contribution in [0.15, 0.2) is 48.0 Å². The van der Waals surface area contributed by atoms with Crippen LogP contribution in [-0.2, 0) is 5.41 Å². The normalized spacial score (nSPS) is 15.0. The second kappa shape index (κ2) is 7.24. The fourth-order valence-electron chi connectivity index (χ4n) is 3.07. The Bertz CT molecular complexity index is 937. The lowest BCUT2D eigenvalue weighted by Gasteiger charge is -2.11. The van der Waals surface area contributed by atoms with Gasteiger partial charge in [-0.25, -0.2) is 0 Å². The molecule has 2 aromatic heterocycles. The number of rotatable bonds is 6. The summed E-state index contributed by atoms with van der Waals surface area (Å²) in [4.78, 5) is 5.63. The molecule has 1 saturated carbocycles. The molecule has 3 aromatic rings. The van der Waals surface area contributed by atoms with E-state index in [9.17, 15) is 5.11 Å². The molecule has 0 saturated heterocycles. The van der Waals surface area contributed by atoms with Gasteiger partial charge in [-0.15, -0.1) is 11.3 Å². The zero-order valence-corrected chi connectivity index (χ0v) is 16.7. The first-order valence-corrected chi connectivity index (χ1v) is 10.9. The fourth-order valence-corrected chi connectivity index (χ4v) is 4.73. The van der Waals surface area contributed by atoms with Crippen molar-refractivity contribution in [3.8, 4) is 21.6 Å². The summed E-state index contributed by atoms with van der Waals surface area (Å²) < 4.78 is 3.20. The minimum atomic E-state index is -0.113. The van der Waals surface area contributed by atoms with Crippen LogP contribution in [-0.4, -0.2) is 23.0 Å². The molecular weight excluding hydrogens is 384 g/mol. The Kier molecular flexibility index (Phi) is 4.97. The van der Waals surface area contributed by atoms with E-state index < -0.39 is 0 Å². The molecule has 0 amide bonds. The monoisotopic (exact) mass is 402 g/mol. The molecule has 1 aromatic carbocycles. The third-order valence-electron chi connectivity index (χ3n) is 4.85. The van der Waals surface area contributed by atoms with Crippen molar-refractivity contribution in [3.63, 3.8) is 0 Å². The van der Waals surface area contributed by atoms with Gasteiger partial charge >= 0.3 is 0 Å². The number of hydrogen-bond donors (Lipinski definition) is 2. The summed E-state index contributed by atoms with van der Waals surface area (Å²) in [6.07, 6.45) is 5.86. The Hall–Kier alpha value is -1.53. The summed E-state index contributed by atoms with van der Waals surface area (Å²) in [5, 5.41) is 12.5. The van der Waals surface area contributed by atoms with E-state index in [2.05, 4.69) is 33.3 Å². The smallest absolute Gasteiger partial charge is 0.0543 e. The number of nitrogens with zero attached hydrogens (tertiary/aromatic N) is 1. The quantitative estimate of drug-likeness (QED) is 0.508. The van der Waals surface area contributed by atoms with Crippen LogP contribution in [0.4, 0.5) is 5.69 Å². The number of halogens is 1. The zero-order valence-electron chi connectivity index (χ0n) is 14.3. The molecule has 0 unspecified atom stereocenters. The number of benzene rings is 1. The zero-order chi connectivity index (χ0) is 18.1. The molecule has 134 valence electrons. The molecule has 0 atom stereocenters. The third kappa shape index (κ3) is 3.37. The van der Waals surface area contributed by atoms with E-state index in [4.69, 9.17) is 11.6 Å². The van der Waals surface area contributed by atoms with Crippen LogP contribution >= 0.6 is 34.9 Å². The topological polar surface area (TPSA) is 45.2 Å². The number of thiophene rings is 1. The van der Waals surface area contributed by atoms with E-state index in [0.717, 1.165) is 50.8 Å². The number of anilines is 1. The molecule has 1 aliphatic carbocycles. The van der Waals surface area contributed by atoms with Gasteiger partial charge in [-0.1, -0.05) is 23.5 Å². The van der Waals surface area contributed by atoms with Crippen molar-refractivity contribution in [2.75, 3.05) is 17.6 Å². The van der Waals surface area contributed by atoms with Crippen molar-refractivity contribution in [2.45, 2.75) is 18.3 Å². The van der Waals surface area contributed by atoms with Crippen LogP contribution in [0.2, 0.25) is 5.02 Å². The Balaban J connectivity index is 1.64. The molecule has 1 fully saturated rings. The van der Waals surface area contributed by atoms with Crippen molar-refractivity contribution < 1.29 is 5.11 Å². The molecule has 1 aliphatic rings. The van der Waals surface area contributed by atoms with Crippen molar-refractivity contribution in [2.24, 2.45) is 0 Å². The molecule has 0 bridgehead atoms. The molecular formula is C20H19ClN2OS2. The molecule has 2 heterocycles. The first-order chi connectivity index (χ1) is 12.6. The number of aliphatic hydroxyl groups is 1. The summed E-state index contributed by atoms with van der Waals surface area (Å²) in [5.74, 6) is 0. The predicted octanol–water partition coefficient (Wildman–Crippen LogP) is 5.84. The van der Waals surface area contributed by atoms with E-state index in [1.807, 2.05) is 30.7 Å². The first kappa shape index (κ1) is 17.9. The molecule has 26 heavy (non-hydrogen) atoms. The van der Waals surface area contributed by atoms with E-state index in [1.165, 1.54) is 0 Å². The summed E-state index contributed by atoms with van der Waals surface area (Å²) in [7, 11) is 0. The summed E-state index contributed by atoms with van der Waals surface area (Å²) in [5.41, 5.74) is 5.21. The maximum atomic E-state index is 9.66. The van der Waals surface area contributed by atoms with E-state index >= 15 is 0 Å². The van der Waals surface area contributed by atoms with Gasteiger partial charge in [0.2, 0.25) is 0 Å². The van der Waals surface area contributed by atoms with Crippen molar-refractivity contribution >= 4 is 40.6 Å². The van der Waals surface area contributed by atoms with Gasteiger partial charge in [0.15, 0.2) is 0 Å². The largest absolute Gasteiger partial charge is 0.395 e. The van der Waals surface area contributed by atoms with Gasteiger partial charge in [-0.3, -0.25) is 4.98 Å². The van der Waals surface area contributed by atoms with Crippen LogP contribution < -0.4 is 4.72 Å². The minimum Gasteiger partial charge on any atom is -0.395 e. The molecule has 0 spiro atoms. The van der Waals surface area contributed by atoms with Crippen LogP contribution in [0.3, 0.4) is 0 Å². The lowest BCUT2D eigenvalue weighted by Crippen LogP contribution is -2.13. The van der Waals surface area contributed by atoms with Gasteiger partial charge in [-0.2, -0.15) is 0 Å². The van der Waals surface area contributed by atoms with Gasteiger partial charge < -0.3 is 9.83 Å². The fraction of sp³-hybridized carbons (Fsp3) is 0.250. The van der Waals surface area contributed by atoms with Crippen LogP contribution in [0.1, 0.15) is 18.5 Å². The average molecular weight is 403 g/mol. The second-order valence-corrected chi connectivity index (χ2v) is 8.50. The van der Waals surface area contributed by atoms with E-state index in [-0.39, 0.29) is 12.0 Å². The molecule has 2 N–H and O–H groups in total. The number of nitrogens with one attached hydrogen (secondary N) is 1. The highest BCUT2D eigenvalue weighted by Crippen LogP contribution is 2.47. The number of aromatic nitrogens is 1. The maximum absolute atomic E-state index is 9.66. The Labute approximate surface area is 166 Å². The highest BCUT2D eigenvalue weighted by molar-refractivity contribution is 7.99. The molecule has 0 aliphatic heterocycles. The lowest BCUT2D eigenvalue weighted by molar-refractivity contribution is 0.252. The minimum absolute atomic E-state index is 0.113. The number of hydrogen-bond acceptors (Lipinski definition) is 5. The van der Waals surface area contributed by atoms with Crippen molar-refractivity contribution in [1.29, 1.82) is 0 Å². The van der Waals surface area contributed by atoms with Gasteiger partial charge in [0.25, 0.3) is 0 Å². The van der Waals surface area contributed by atoms with Gasteiger partial charge in [0, 0.05) is 39.7 Å². The average Bonchev–Trinajstić information content (AvgIpc) is 3.32. The van der Waals surface area contributed by atoms with Crippen LogP contribution in [0, 0.1) is 0 Å². The molecule has 0 radical (unpaired) electrons. The SMILES string of the molecule is CSNc1ccc(-c2cc(-c3ccnc(C4(CO)CC4)c3)cs2)c(Cl)c1. The molecule has 6 heteroatoms. The molecule has 3 nitrogen and oxygen atoms in total. The van der Waals surface area contributed by atoms with Gasteiger partial charge in [0.05, 0.1) is 11.6 Å². The first-order valence-electron chi connectivity index (χ1n) is 8.40. The van der Waals surface area contributed by atoms with Gasteiger partial charge in [-0.05, 0) is 65.7 Å². The number of aliphatic hydroxyl groups excluding tert-OH is 1. The third-order valence-corrected chi connectivity index (χ3v) is 6.56. The van der Waals surface area contributed by atoms with E-state index in [0.29, 0.717) is 0 Å². The lowest BCUT2D eigenvalue weighted by atomic mass is 9.99. The summed E-state index contributed by atoms with van der Waals surface area (Å²) in [6, 6.07) is 12.4. The van der Waals surface area contributed by atoms with Crippen molar-refractivity contribution in [3.05, 3.63) is 58.7 Å². The molecule has 4 rings (SSSR count). The Morgan fingerprint density at radius 3 is 2.77 bits per heavy atom. The standard InChI is InChI=1S/C20H19ClN2OS2/c1-25-23-15-2-3-16(17(21)10-15)18-8-14(11-26-18)13-4-7-22-19(9-13)20(12-24)5-6-20/h2-4,7-11,23-24H,5-6,12H2,1H3. The predicted molar refractivity (Wildman–Crippen MR) is 113 cm³/mol. The number of pyridine rings is 1. The highest BCUT2D eigenvalue weighted by Gasteiger charge is 2.45. The Morgan fingerprint density at radius 2 is 2.08 bits per heavy atom. The van der Waals surface area contributed by atoms with Gasteiger partial charge in [0.1, 0.15) is 0 Å². The van der Waals surface area contributed by atoms with E-state index in [1.54, 1.807) is 23.3 Å². The van der Waals surface area contributed by atoms with Crippen molar-refractivity contribution in [1.82, 2.24) is 4.98 Å². The second-order valence-electron chi connectivity index (χ2n) is 6.57. The summed E-state index contributed by atoms with van der Waals surface area (Å²) in [6.45, 7) is 0.171. The Morgan fingerprint density at radius 1 is 1.23 bits per heavy atom. The highest BCUT2D eigenvalue weighted by atomic mass is 35.5. The van der Waals surface area contributed by atoms with Crippen LogP contribution in [0.25, 0.3) is 21.6 Å².